The number of alkyl halides is 3. The van der Waals surface area contributed by atoms with E-state index in [1.54, 1.807) is 24.3 Å². The number of amides is 3. The molecule has 0 radical (unpaired) electrons. The van der Waals surface area contributed by atoms with Gasteiger partial charge in [-0.15, -0.1) is 0 Å². The van der Waals surface area contributed by atoms with E-state index < -0.39 is 35.3 Å². The number of rotatable bonds is 7. The molecule has 3 amide bonds. The number of piperazine rings is 1. The van der Waals surface area contributed by atoms with Crippen LogP contribution in [-0.2, 0) is 11.0 Å². The second kappa shape index (κ2) is 10.1. The Morgan fingerprint density at radius 3 is 2.42 bits per heavy atom. The van der Waals surface area contributed by atoms with Crippen molar-refractivity contribution in [3.8, 4) is 5.75 Å². The maximum atomic E-state index is 12.8. The maximum Gasteiger partial charge on any atom is 0.417 e. The number of aliphatic hydroxyl groups is 1. The van der Waals surface area contributed by atoms with E-state index in [1.165, 1.54) is 6.92 Å². The lowest BCUT2D eigenvalue weighted by molar-refractivity contribution is -0.137. The lowest BCUT2D eigenvalue weighted by atomic mass is 9.89. The molecule has 0 aliphatic carbocycles. The van der Waals surface area contributed by atoms with Crippen LogP contribution in [0.2, 0.25) is 5.02 Å². The third kappa shape index (κ3) is 5.50. The second-order valence-corrected chi connectivity index (χ2v) is 9.19. The van der Waals surface area contributed by atoms with Gasteiger partial charge in [0.1, 0.15) is 29.8 Å². The Morgan fingerprint density at radius 2 is 1.86 bits per heavy atom. The summed E-state index contributed by atoms with van der Waals surface area (Å²) in [4.78, 5) is 31.4. The van der Waals surface area contributed by atoms with E-state index in [-0.39, 0.29) is 5.02 Å². The van der Waals surface area contributed by atoms with Crippen LogP contribution in [0.3, 0.4) is 0 Å². The van der Waals surface area contributed by atoms with Crippen molar-refractivity contribution < 1.29 is 32.6 Å². The first-order valence-electron chi connectivity index (χ1n) is 11.2. The first kappa shape index (κ1) is 26.0. The van der Waals surface area contributed by atoms with Crippen molar-refractivity contribution in [3.05, 3.63) is 52.7 Å². The summed E-state index contributed by atoms with van der Waals surface area (Å²) in [5.41, 5.74) is -1.88. The van der Waals surface area contributed by atoms with Gasteiger partial charge < -0.3 is 20.1 Å². The minimum absolute atomic E-state index is 0.0277. The molecule has 0 spiro atoms. The van der Waals surface area contributed by atoms with Crippen molar-refractivity contribution in [1.82, 2.24) is 20.5 Å². The molecule has 1 aromatic carbocycles. The molecule has 2 fully saturated rings. The highest BCUT2D eigenvalue weighted by Gasteiger charge is 2.48. The number of nitrogens with zero attached hydrogens (tertiary/aromatic N) is 3. The molecule has 4 rings (SSSR count). The Bertz CT molecular complexity index is 1130. The van der Waals surface area contributed by atoms with Gasteiger partial charge in [-0.2, -0.15) is 13.2 Å². The minimum atomic E-state index is -4.49. The van der Waals surface area contributed by atoms with Gasteiger partial charge in [0.25, 0.3) is 5.91 Å². The molecule has 9 nitrogen and oxygen atoms in total. The van der Waals surface area contributed by atoms with Crippen molar-refractivity contribution in [2.45, 2.75) is 24.7 Å². The van der Waals surface area contributed by atoms with E-state index in [2.05, 4.69) is 20.5 Å². The van der Waals surface area contributed by atoms with Gasteiger partial charge >= 0.3 is 12.2 Å². The van der Waals surface area contributed by atoms with E-state index in [4.69, 9.17) is 16.3 Å². The molecule has 2 aliphatic heterocycles. The van der Waals surface area contributed by atoms with E-state index in [1.807, 2.05) is 4.90 Å². The molecule has 2 aliphatic rings. The Kier molecular flexibility index (Phi) is 7.30. The van der Waals surface area contributed by atoms with E-state index in [0.717, 1.165) is 12.3 Å². The highest BCUT2D eigenvalue weighted by Crippen LogP contribution is 2.34. The number of hydrogen-bond donors (Lipinski definition) is 3. The standard InChI is InChI=1S/C23H25ClF3N5O4/c1-22(20(34)29-21(35)30-22)18(33)14-2-4-16(5-3-14)36-11-10-31-6-8-32(9-7-31)19-17(24)12-15(13-28-19)23(25,26)27/h2-5,12-13,18,33H,6-11H2,1H3,(H2,29,30,34,35). The predicted molar refractivity (Wildman–Crippen MR) is 125 cm³/mol. The molecule has 3 N–H and O–H groups in total. The maximum absolute atomic E-state index is 12.8. The first-order chi connectivity index (χ1) is 17.0. The summed E-state index contributed by atoms with van der Waals surface area (Å²) in [6.45, 7) is 4.94. The highest BCUT2D eigenvalue weighted by molar-refractivity contribution is 6.33. The molecule has 0 bridgehead atoms. The van der Waals surface area contributed by atoms with Crippen LogP contribution in [0.25, 0.3) is 0 Å². The summed E-state index contributed by atoms with van der Waals surface area (Å²) in [5, 5.41) is 15.1. The number of nitrogens with one attached hydrogen (secondary N) is 2. The normalized spacial score (nSPS) is 21.8. The molecule has 194 valence electrons. The molecule has 2 unspecified atom stereocenters. The Labute approximate surface area is 210 Å². The van der Waals surface area contributed by atoms with Crippen LogP contribution in [0.15, 0.2) is 36.5 Å². The molecular weight excluding hydrogens is 503 g/mol. The third-order valence-corrected chi connectivity index (χ3v) is 6.59. The van der Waals surface area contributed by atoms with E-state index >= 15 is 0 Å². The molecule has 2 atom stereocenters. The molecule has 36 heavy (non-hydrogen) atoms. The van der Waals surface area contributed by atoms with Gasteiger partial charge in [-0.1, -0.05) is 23.7 Å². The predicted octanol–water partition coefficient (Wildman–Crippen LogP) is 2.59. The van der Waals surface area contributed by atoms with Gasteiger partial charge in [-0.3, -0.25) is 15.0 Å². The number of benzene rings is 1. The summed E-state index contributed by atoms with van der Waals surface area (Å²) >= 11 is 6.05. The highest BCUT2D eigenvalue weighted by atomic mass is 35.5. The average molecular weight is 528 g/mol. The van der Waals surface area contributed by atoms with Crippen LogP contribution in [0.1, 0.15) is 24.2 Å². The number of pyridine rings is 1. The number of aliphatic hydroxyl groups excluding tert-OH is 1. The van der Waals surface area contributed by atoms with Crippen molar-refractivity contribution in [2.24, 2.45) is 0 Å². The fourth-order valence-electron chi connectivity index (χ4n) is 4.12. The molecule has 0 saturated carbocycles. The lowest BCUT2D eigenvalue weighted by Gasteiger charge is -2.35. The van der Waals surface area contributed by atoms with Crippen LogP contribution in [0.4, 0.5) is 23.8 Å². The van der Waals surface area contributed by atoms with Gasteiger partial charge in [0.15, 0.2) is 0 Å². The summed E-state index contributed by atoms with van der Waals surface area (Å²) in [6, 6.07) is 6.85. The zero-order valence-corrected chi connectivity index (χ0v) is 20.1. The molecule has 13 heteroatoms. The van der Waals surface area contributed by atoms with E-state index in [0.29, 0.717) is 56.5 Å². The number of hydrogen-bond acceptors (Lipinski definition) is 7. The van der Waals surface area contributed by atoms with Crippen molar-refractivity contribution in [2.75, 3.05) is 44.2 Å². The van der Waals surface area contributed by atoms with Gasteiger partial charge in [0, 0.05) is 38.9 Å². The monoisotopic (exact) mass is 527 g/mol. The summed E-state index contributed by atoms with van der Waals surface area (Å²) in [7, 11) is 0. The fraction of sp³-hybridized carbons (Fsp3) is 0.435. The molecular formula is C23H25ClF3N5O4. The number of halogens is 4. The molecule has 1 aromatic heterocycles. The zero-order chi connectivity index (χ0) is 26.1. The molecule has 2 saturated heterocycles. The zero-order valence-electron chi connectivity index (χ0n) is 19.3. The lowest BCUT2D eigenvalue weighted by Crippen LogP contribution is -2.49. The van der Waals surface area contributed by atoms with Crippen LogP contribution >= 0.6 is 11.6 Å². The van der Waals surface area contributed by atoms with Crippen LogP contribution in [0, 0.1) is 0 Å². The van der Waals surface area contributed by atoms with E-state index in [9.17, 15) is 27.9 Å². The van der Waals surface area contributed by atoms with Crippen LogP contribution in [-0.4, -0.2) is 71.8 Å². The van der Waals surface area contributed by atoms with Crippen molar-refractivity contribution in [3.63, 3.8) is 0 Å². The largest absolute Gasteiger partial charge is 0.492 e. The number of carbonyl (C=O) groups is 2. The van der Waals surface area contributed by atoms with Gasteiger partial charge in [-0.25, -0.2) is 9.78 Å². The number of anilines is 1. The SMILES string of the molecule is CC1(C(O)c2ccc(OCCN3CCN(c4ncc(C(F)(F)F)cc4Cl)CC3)cc2)NC(=O)NC1=O. The summed E-state index contributed by atoms with van der Waals surface area (Å²) in [6.07, 6.45) is -4.93. The number of imide groups is 1. The quantitative estimate of drug-likeness (QED) is 0.475. The second-order valence-electron chi connectivity index (χ2n) is 8.79. The number of urea groups is 1. The van der Waals surface area contributed by atoms with Crippen LogP contribution < -0.4 is 20.3 Å². The molecule has 2 aromatic rings. The number of carbonyl (C=O) groups excluding carboxylic acids is 2. The van der Waals surface area contributed by atoms with Gasteiger partial charge in [0.2, 0.25) is 0 Å². The van der Waals surface area contributed by atoms with Crippen molar-refractivity contribution in [1.29, 1.82) is 0 Å². The number of aromatic nitrogens is 1. The van der Waals surface area contributed by atoms with Crippen molar-refractivity contribution >= 4 is 29.4 Å². The Hall–Kier alpha value is -3.09. The fourth-order valence-corrected chi connectivity index (χ4v) is 4.41. The van der Waals surface area contributed by atoms with Gasteiger partial charge in [0.05, 0.1) is 10.6 Å². The first-order valence-corrected chi connectivity index (χ1v) is 11.6. The topological polar surface area (TPSA) is 107 Å². The smallest absolute Gasteiger partial charge is 0.417 e. The average Bonchev–Trinajstić information content (AvgIpc) is 3.11. The van der Waals surface area contributed by atoms with Gasteiger partial charge in [-0.05, 0) is 30.7 Å². The third-order valence-electron chi connectivity index (χ3n) is 6.31. The summed E-state index contributed by atoms with van der Waals surface area (Å²) in [5.74, 6) is 0.318. The Morgan fingerprint density at radius 1 is 1.19 bits per heavy atom. The molecule has 3 heterocycles. The Balaban J connectivity index is 1.24. The minimum Gasteiger partial charge on any atom is -0.492 e. The summed E-state index contributed by atoms with van der Waals surface area (Å²) < 4.78 is 44.3. The number of ether oxygens (including phenoxy) is 1. The van der Waals surface area contributed by atoms with Crippen LogP contribution in [0.5, 0.6) is 5.75 Å².